The fraction of sp³-hybridized carbons (Fsp3) is 0.354. The van der Waals surface area contributed by atoms with Gasteiger partial charge in [-0.05, 0) is 281 Å². The monoisotopic (exact) mass is 1830 g/mol. The number of aryl methyl sites for hydroxylation is 8. The SMILES string of the molecule is Cc1c(C(C)C)cc(CC(C)(C)C(F)(F)F)cc1C(C)C.Cc1c(C(C)C)cc(CC(C)(C)C)cc1C(C)C.Cc1ccc(-c2ccc(C)cc2)cc1.Cc1ccc(-c2ccc(CC(C)(C)C(F)(F)F)cc2)cc1.Cc1ccc(-c2ccc(CC(C)(C)C)cc2)cc1.Cc1ccc(-c2ccc(CC(C)C)cc2)cc1.Cc1ccc(-c2ccccc2)cc1.Cc1ccc(-c2ccccc2)cc1C. The maximum atomic E-state index is 13.1. The first-order chi connectivity index (χ1) is 63.6. The maximum absolute atomic E-state index is 13.1. The van der Waals surface area contributed by atoms with Gasteiger partial charge in [0.05, 0.1) is 10.8 Å². The van der Waals surface area contributed by atoms with Crippen molar-refractivity contribution in [2.45, 2.75) is 276 Å². The van der Waals surface area contributed by atoms with E-state index in [4.69, 9.17) is 0 Å². The van der Waals surface area contributed by atoms with Crippen molar-refractivity contribution in [1.29, 1.82) is 0 Å². The molecule has 0 aromatic heterocycles. The summed E-state index contributed by atoms with van der Waals surface area (Å²) in [4.78, 5) is 0. The van der Waals surface area contributed by atoms with Gasteiger partial charge in [-0.25, -0.2) is 0 Å². The maximum Gasteiger partial charge on any atom is 0.394 e. The van der Waals surface area contributed by atoms with E-state index in [0.717, 1.165) is 53.0 Å². The Morgan fingerprint density at radius 2 is 0.397 bits per heavy atom. The van der Waals surface area contributed by atoms with Crippen LogP contribution in [0.5, 0.6) is 0 Å². The molecule has 0 radical (unpaired) electrons. The smallest absolute Gasteiger partial charge is 0.171 e. The molecule has 0 saturated carbocycles. The summed E-state index contributed by atoms with van der Waals surface area (Å²) in [5.74, 6) is 2.58. The van der Waals surface area contributed by atoms with Crippen molar-refractivity contribution < 1.29 is 26.3 Å². The van der Waals surface area contributed by atoms with Gasteiger partial charge in [0.25, 0.3) is 0 Å². The standard InChI is InChI=1S/C18H19F3.C18H27F3.C18H22.C18H30.C17H20.2C14H14.C13H12/c1-13-4-8-15(9-5-13)16-10-6-14(7-11-16)12-17(2,3)18(19,20)21;1-11(2)15-8-14(9-16(12(3)4)13(15)5)10-17(6,7)18(19,20)21;1-14-5-9-16(10-6-14)17-11-7-15(8-12-17)13-18(2,3)4;1-12(2)16-9-15(11-18(6,7)8)10-17(13(3)4)14(16)5;1-13(2)12-15-6-10-17(11-7-15)16-8-4-14(3)5-9-16;1-11-3-7-13(8-4-11)14-9-5-12(2)6-10-14;1-11-8-9-14(10-12(11)2)13-6-4-3-5-7-13;1-11-7-9-13(10-8-11)12-5-3-2-4-6-12/h4-11H,12H2,1-3H3;8-9,11-12H,10H2,1-7H3;5-12H,13H2,1-4H3;9-10,12-13H,11H2,1-8H3;4-11,13H,12H2,1-3H3;2*3-10H,1-2H3;2-10H,1H3. The number of halogens is 6. The van der Waals surface area contributed by atoms with Crippen molar-refractivity contribution in [2.24, 2.45) is 27.6 Å². The lowest BCUT2D eigenvalue weighted by Crippen LogP contribution is -2.34. The lowest BCUT2D eigenvalue weighted by molar-refractivity contribution is -0.211. The molecule has 0 saturated heterocycles. The molecule has 0 unspecified atom stereocenters. The van der Waals surface area contributed by atoms with Crippen LogP contribution in [-0.2, 0) is 32.1 Å². The normalized spacial score (nSPS) is 11.6. The molecule has 0 bridgehead atoms. The van der Waals surface area contributed by atoms with Crippen molar-refractivity contribution in [1.82, 2.24) is 0 Å². The largest absolute Gasteiger partial charge is 0.394 e. The Labute approximate surface area is 818 Å². The third-order valence-electron chi connectivity index (χ3n) is 24.7. The van der Waals surface area contributed by atoms with Gasteiger partial charge in [-0.2, -0.15) is 26.3 Å². The molecule has 0 N–H and O–H groups in total. The zero-order valence-electron chi connectivity index (χ0n) is 87.8. The summed E-state index contributed by atoms with van der Waals surface area (Å²) in [6, 6.07) is 113. The minimum Gasteiger partial charge on any atom is -0.171 e. The first kappa shape index (κ1) is 112. The van der Waals surface area contributed by atoms with E-state index in [0.29, 0.717) is 40.1 Å². The number of alkyl halides is 6. The van der Waals surface area contributed by atoms with Gasteiger partial charge >= 0.3 is 12.4 Å². The highest BCUT2D eigenvalue weighted by Gasteiger charge is 2.48. The third kappa shape index (κ3) is 37.0. The molecule has 14 aromatic carbocycles. The minimum atomic E-state index is -4.19. The van der Waals surface area contributed by atoms with Crippen LogP contribution in [0.3, 0.4) is 0 Å². The van der Waals surface area contributed by atoms with Crippen molar-refractivity contribution in [3.8, 4) is 66.8 Å². The summed E-state index contributed by atoms with van der Waals surface area (Å²) < 4.78 is 78.1. The third-order valence-corrected chi connectivity index (χ3v) is 24.7. The van der Waals surface area contributed by atoms with Crippen molar-refractivity contribution in [2.75, 3.05) is 0 Å². The molecule has 720 valence electrons. The van der Waals surface area contributed by atoms with E-state index < -0.39 is 23.2 Å². The Kier molecular flexibility index (Phi) is 42.0. The van der Waals surface area contributed by atoms with E-state index in [2.05, 4.69) is 422 Å². The summed E-state index contributed by atoms with van der Waals surface area (Å²) in [5.41, 5.74) is 36.7. The molecule has 14 aromatic rings. The van der Waals surface area contributed by atoms with E-state index in [1.165, 1.54) is 167 Å². The molecule has 136 heavy (non-hydrogen) atoms. The molecule has 0 nitrogen and oxygen atoms in total. The van der Waals surface area contributed by atoms with Crippen LogP contribution in [0.2, 0.25) is 0 Å². The van der Waals surface area contributed by atoms with Gasteiger partial charge < -0.3 is 0 Å². The van der Waals surface area contributed by atoms with Gasteiger partial charge in [0.2, 0.25) is 0 Å². The summed E-state index contributed by atoms with van der Waals surface area (Å²) in [5, 5.41) is 0. The number of hydrogen-bond acceptors (Lipinski definition) is 0. The quantitative estimate of drug-likeness (QED) is 0.0751. The van der Waals surface area contributed by atoms with E-state index in [-0.39, 0.29) is 12.8 Å². The average Bonchev–Trinajstić information content (AvgIpc) is 0.795. The topological polar surface area (TPSA) is 0 Å². The van der Waals surface area contributed by atoms with Crippen molar-refractivity contribution >= 4 is 0 Å². The highest BCUT2D eigenvalue weighted by Crippen LogP contribution is 2.44. The van der Waals surface area contributed by atoms with Crippen LogP contribution >= 0.6 is 0 Å². The zero-order chi connectivity index (χ0) is 101. The molecular formula is C130H158F6. The van der Waals surface area contributed by atoms with Gasteiger partial charge in [0.15, 0.2) is 0 Å². The van der Waals surface area contributed by atoms with E-state index in [1.54, 1.807) is 12.1 Å². The molecule has 14 rings (SSSR count). The fourth-order valence-electron chi connectivity index (χ4n) is 16.3. The lowest BCUT2D eigenvalue weighted by atomic mass is 9.81. The molecule has 0 aliphatic heterocycles. The molecule has 0 amide bonds. The van der Waals surface area contributed by atoms with Gasteiger partial charge in [0.1, 0.15) is 0 Å². The van der Waals surface area contributed by atoms with E-state index in [1.807, 2.05) is 67.6 Å². The predicted molar refractivity (Wildman–Crippen MR) is 580 cm³/mol. The summed E-state index contributed by atoms with van der Waals surface area (Å²) in [7, 11) is 0. The second-order valence-corrected chi connectivity index (χ2v) is 42.9. The van der Waals surface area contributed by atoms with Crippen LogP contribution < -0.4 is 0 Å². The Balaban J connectivity index is 0.000000213. The first-order valence-electron chi connectivity index (χ1n) is 48.9. The second-order valence-electron chi connectivity index (χ2n) is 42.9. The molecule has 0 fully saturated rings. The summed E-state index contributed by atoms with van der Waals surface area (Å²) >= 11 is 0. The van der Waals surface area contributed by atoms with Crippen LogP contribution in [0, 0.1) is 96.8 Å². The highest BCUT2D eigenvalue weighted by molar-refractivity contribution is 5.69. The molecule has 0 spiro atoms. The predicted octanol–water partition coefficient (Wildman–Crippen LogP) is 39.7. The molecule has 6 heteroatoms. The molecule has 0 atom stereocenters. The van der Waals surface area contributed by atoms with Gasteiger partial charge in [-0.1, -0.05) is 493 Å². The Bertz CT molecular complexity index is 5770. The van der Waals surface area contributed by atoms with Gasteiger partial charge in [-0.3, -0.25) is 0 Å². The lowest BCUT2D eigenvalue weighted by Gasteiger charge is -2.29. The minimum absolute atomic E-state index is 0.00925. The van der Waals surface area contributed by atoms with E-state index in [9.17, 15) is 26.3 Å². The summed E-state index contributed by atoms with van der Waals surface area (Å²) in [6.45, 7) is 62.1. The highest BCUT2D eigenvalue weighted by atomic mass is 19.4. The van der Waals surface area contributed by atoms with E-state index >= 15 is 0 Å². The number of rotatable bonds is 18. The Morgan fingerprint density at radius 1 is 0.199 bits per heavy atom. The molecule has 0 aliphatic carbocycles. The average molecular weight is 1830 g/mol. The number of benzene rings is 14. The zero-order valence-corrected chi connectivity index (χ0v) is 87.8. The summed E-state index contributed by atoms with van der Waals surface area (Å²) in [6.07, 6.45) is -4.92. The van der Waals surface area contributed by atoms with Crippen LogP contribution in [0.15, 0.2) is 322 Å². The second kappa shape index (κ2) is 51.2. The first-order valence-corrected chi connectivity index (χ1v) is 48.9. The van der Waals surface area contributed by atoms with Crippen molar-refractivity contribution in [3.63, 3.8) is 0 Å². The van der Waals surface area contributed by atoms with Gasteiger partial charge in [-0.15, -0.1) is 0 Å². The van der Waals surface area contributed by atoms with Crippen LogP contribution in [-0.4, -0.2) is 12.4 Å². The van der Waals surface area contributed by atoms with Crippen molar-refractivity contribution in [3.05, 3.63) is 427 Å². The van der Waals surface area contributed by atoms with Crippen LogP contribution in [0.25, 0.3) is 66.8 Å². The fourth-order valence-corrected chi connectivity index (χ4v) is 16.3. The molecular weight excluding hydrogens is 1680 g/mol. The van der Waals surface area contributed by atoms with Crippen LogP contribution in [0.4, 0.5) is 26.3 Å². The number of hydrogen-bond donors (Lipinski definition) is 0. The molecule has 0 heterocycles. The van der Waals surface area contributed by atoms with Crippen LogP contribution in [0.1, 0.15) is 268 Å². The Morgan fingerprint density at radius 3 is 0.625 bits per heavy atom. The van der Waals surface area contributed by atoms with Gasteiger partial charge in [0, 0.05) is 0 Å². The molecule has 0 aliphatic rings. The Hall–Kier alpha value is -11.3.